The molecule has 0 aliphatic carbocycles. The van der Waals surface area contributed by atoms with Crippen LogP contribution in [-0.2, 0) is 16.1 Å². The molecule has 1 atom stereocenters. The summed E-state index contributed by atoms with van der Waals surface area (Å²) in [6.07, 6.45) is -0.699. The van der Waals surface area contributed by atoms with Crippen LogP contribution in [0.3, 0.4) is 0 Å². The zero-order valence-corrected chi connectivity index (χ0v) is 8.14. The van der Waals surface area contributed by atoms with Gasteiger partial charge in [0.1, 0.15) is 6.10 Å². The Balaban J connectivity index is 2.44. The summed E-state index contributed by atoms with van der Waals surface area (Å²) in [6, 6.07) is 9.54. The SMILES string of the molecule is CC(=O)C(CO)OCc1ccccc1. The molecule has 3 nitrogen and oxygen atoms in total. The van der Waals surface area contributed by atoms with Gasteiger partial charge in [0, 0.05) is 0 Å². The van der Waals surface area contributed by atoms with E-state index in [0.717, 1.165) is 5.56 Å². The van der Waals surface area contributed by atoms with Gasteiger partial charge in [-0.05, 0) is 12.5 Å². The molecule has 0 aliphatic rings. The Bertz CT molecular complexity index is 282. The summed E-state index contributed by atoms with van der Waals surface area (Å²) in [6.45, 7) is 1.50. The van der Waals surface area contributed by atoms with Crippen LogP contribution >= 0.6 is 0 Å². The van der Waals surface area contributed by atoms with E-state index < -0.39 is 6.10 Å². The fourth-order valence-electron chi connectivity index (χ4n) is 1.07. The van der Waals surface area contributed by atoms with Crippen molar-refractivity contribution in [2.45, 2.75) is 19.6 Å². The highest BCUT2D eigenvalue weighted by Gasteiger charge is 2.12. The number of Topliss-reactive ketones (excluding diaryl/α,β-unsaturated/α-hetero) is 1. The second-order valence-corrected chi connectivity index (χ2v) is 3.08. The molecule has 0 bridgehead atoms. The minimum Gasteiger partial charge on any atom is -0.393 e. The van der Waals surface area contributed by atoms with Gasteiger partial charge >= 0.3 is 0 Å². The fourth-order valence-corrected chi connectivity index (χ4v) is 1.07. The van der Waals surface area contributed by atoms with Crippen molar-refractivity contribution >= 4 is 5.78 Å². The number of hydrogen-bond acceptors (Lipinski definition) is 3. The number of benzene rings is 1. The number of aliphatic hydroxyl groups excluding tert-OH is 1. The lowest BCUT2D eigenvalue weighted by Crippen LogP contribution is -2.25. The Kier molecular flexibility index (Phi) is 4.29. The second-order valence-electron chi connectivity index (χ2n) is 3.08. The van der Waals surface area contributed by atoms with E-state index in [0.29, 0.717) is 6.61 Å². The first-order chi connectivity index (χ1) is 6.74. The summed E-state index contributed by atoms with van der Waals surface area (Å²) in [5.74, 6) is -0.150. The molecule has 0 spiro atoms. The predicted molar refractivity (Wildman–Crippen MR) is 52.8 cm³/mol. The minimum atomic E-state index is -0.699. The summed E-state index contributed by atoms with van der Waals surface area (Å²) >= 11 is 0. The van der Waals surface area contributed by atoms with Gasteiger partial charge in [-0.2, -0.15) is 0 Å². The van der Waals surface area contributed by atoms with Gasteiger partial charge in [-0.1, -0.05) is 30.3 Å². The van der Waals surface area contributed by atoms with Crippen molar-refractivity contribution in [3.63, 3.8) is 0 Å². The van der Waals surface area contributed by atoms with Crippen LogP contribution in [0.2, 0.25) is 0 Å². The average Bonchev–Trinajstić information content (AvgIpc) is 2.20. The monoisotopic (exact) mass is 194 g/mol. The third-order valence-corrected chi connectivity index (χ3v) is 1.91. The summed E-state index contributed by atoms with van der Waals surface area (Å²) in [4.78, 5) is 10.9. The third-order valence-electron chi connectivity index (χ3n) is 1.91. The largest absolute Gasteiger partial charge is 0.393 e. The molecule has 1 N–H and O–H groups in total. The van der Waals surface area contributed by atoms with E-state index in [1.54, 1.807) is 0 Å². The van der Waals surface area contributed by atoms with Crippen LogP contribution in [-0.4, -0.2) is 23.6 Å². The van der Waals surface area contributed by atoms with Gasteiger partial charge in [0.15, 0.2) is 5.78 Å². The molecule has 0 amide bonds. The molecule has 0 saturated heterocycles. The number of aliphatic hydroxyl groups is 1. The summed E-state index contributed by atoms with van der Waals surface area (Å²) < 4.78 is 5.24. The normalized spacial score (nSPS) is 12.4. The molecule has 0 saturated carbocycles. The maximum absolute atomic E-state index is 10.9. The molecule has 14 heavy (non-hydrogen) atoms. The number of carbonyl (C=O) groups excluding carboxylic acids is 1. The number of carbonyl (C=O) groups is 1. The maximum atomic E-state index is 10.9. The lowest BCUT2D eigenvalue weighted by atomic mass is 10.2. The van der Waals surface area contributed by atoms with Crippen LogP contribution in [0.1, 0.15) is 12.5 Å². The van der Waals surface area contributed by atoms with E-state index in [-0.39, 0.29) is 12.4 Å². The molecule has 1 aromatic rings. The van der Waals surface area contributed by atoms with Crippen molar-refractivity contribution < 1.29 is 14.6 Å². The Morgan fingerprint density at radius 2 is 2.07 bits per heavy atom. The maximum Gasteiger partial charge on any atom is 0.160 e. The molecule has 76 valence electrons. The zero-order chi connectivity index (χ0) is 10.4. The average molecular weight is 194 g/mol. The molecule has 0 fully saturated rings. The van der Waals surface area contributed by atoms with Gasteiger partial charge < -0.3 is 9.84 Å². The summed E-state index contributed by atoms with van der Waals surface area (Å²) in [7, 11) is 0. The van der Waals surface area contributed by atoms with E-state index in [1.165, 1.54) is 6.92 Å². The van der Waals surface area contributed by atoms with Gasteiger partial charge in [-0.15, -0.1) is 0 Å². The van der Waals surface area contributed by atoms with Crippen LogP contribution in [0.15, 0.2) is 30.3 Å². The van der Waals surface area contributed by atoms with Crippen molar-refractivity contribution in [1.82, 2.24) is 0 Å². The van der Waals surface area contributed by atoms with Crippen molar-refractivity contribution in [3.8, 4) is 0 Å². The quantitative estimate of drug-likeness (QED) is 0.765. The van der Waals surface area contributed by atoms with Crippen molar-refractivity contribution in [2.75, 3.05) is 6.61 Å². The summed E-state index contributed by atoms with van der Waals surface area (Å²) in [5, 5.41) is 8.83. The highest BCUT2D eigenvalue weighted by Crippen LogP contribution is 2.03. The Labute approximate surface area is 83.3 Å². The Morgan fingerprint density at radius 1 is 1.43 bits per heavy atom. The molecule has 0 heterocycles. The van der Waals surface area contributed by atoms with Crippen molar-refractivity contribution in [1.29, 1.82) is 0 Å². The number of ether oxygens (including phenoxy) is 1. The van der Waals surface area contributed by atoms with E-state index in [4.69, 9.17) is 9.84 Å². The summed E-state index contributed by atoms with van der Waals surface area (Å²) in [5.41, 5.74) is 0.993. The molecular formula is C11H14O3. The van der Waals surface area contributed by atoms with Gasteiger partial charge in [0.2, 0.25) is 0 Å². The lowest BCUT2D eigenvalue weighted by Gasteiger charge is -2.11. The van der Waals surface area contributed by atoms with Gasteiger partial charge in [0.25, 0.3) is 0 Å². The van der Waals surface area contributed by atoms with Crippen LogP contribution in [0.5, 0.6) is 0 Å². The number of hydrogen-bond donors (Lipinski definition) is 1. The van der Waals surface area contributed by atoms with Gasteiger partial charge in [-0.25, -0.2) is 0 Å². The zero-order valence-electron chi connectivity index (χ0n) is 8.14. The second kappa shape index (κ2) is 5.52. The van der Waals surface area contributed by atoms with Crippen LogP contribution in [0.25, 0.3) is 0 Å². The van der Waals surface area contributed by atoms with E-state index in [9.17, 15) is 4.79 Å². The Morgan fingerprint density at radius 3 is 2.57 bits per heavy atom. The highest BCUT2D eigenvalue weighted by atomic mass is 16.5. The fraction of sp³-hybridized carbons (Fsp3) is 0.364. The topological polar surface area (TPSA) is 46.5 Å². The van der Waals surface area contributed by atoms with Crippen LogP contribution in [0.4, 0.5) is 0 Å². The molecule has 0 radical (unpaired) electrons. The molecule has 3 heteroatoms. The van der Waals surface area contributed by atoms with Crippen molar-refractivity contribution in [2.24, 2.45) is 0 Å². The van der Waals surface area contributed by atoms with Crippen molar-refractivity contribution in [3.05, 3.63) is 35.9 Å². The molecule has 1 unspecified atom stereocenters. The molecule has 0 aliphatic heterocycles. The van der Waals surface area contributed by atoms with Gasteiger partial charge in [-0.3, -0.25) is 4.79 Å². The van der Waals surface area contributed by atoms with E-state index in [1.807, 2.05) is 30.3 Å². The Hall–Kier alpha value is -1.19. The van der Waals surface area contributed by atoms with E-state index in [2.05, 4.69) is 0 Å². The first-order valence-corrected chi connectivity index (χ1v) is 4.51. The first-order valence-electron chi connectivity index (χ1n) is 4.51. The van der Waals surface area contributed by atoms with Gasteiger partial charge in [0.05, 0.1) is 13.2 Å². The molecule has 0 aromatic heterocycles. The standard InChI is InChI=1S/C11H14O3/c1-9(13)11(7-12)14-8-10-5-3-2-4-6-10/h2-6,11-12H,7-8H2,1H3. The third kappa shape index (κ3) is 3.28. The van der Waals surface area contributed by atoms with E-state index >= 15 is 0 Å². The van der Waals surface area contributed by atoms with Crippen LogP contribution in [0, 0.1) is 0 Å². The smallest absolute Gasteiger partial charge is 0.160 e. The van der Waals surface area contributed by atoms with Crippen LogP contribution < -0.4 is 0 Å². The number of rotatable bonds is 5. The minimum absolute atomic E-state index is 0.150. The predicted octanol–water partition coefficient (Wildman–Crippen LogP) is 1.15. The molecular weight excluding hydrogens is 180 g/mol. The molecule has 1 aromatic carbocycles. The number of ketones is 1. The first kappa shape index (κ1) is 10.9. The molecule has 1 rings (SSSR count). The lowest BCUT2D eigenvalue weighted by molar-refractivity contribution is -0.131. The highest BCUT2D eigenvalue weighted by molar-refractivity contribution is 5.80.